The predicted molar refractivity (Wildman–Crippen MR) is 92.5 cm³/mol. The Kier molecular flexibility index (Phi) is 4.09. The number of piperidine rings is 1. The van der Waals surface area contributed by atoms with Crippen molar-refractivity contribution in [2.24, 2.45) is 5.92 Å². The quantitative estimate of drug-likeness (QED) is 0.918. The van der Waals surface area contributed by atoms with Crippen molar-refractivity contribution >= 4 is 10.9 Å². The van der Waals surface area contributed by atoms with E-state index >= 15 is 0 Å². The van der Waals surface area contributed by atoms with Crippen LogP contribution in [0.3, 0.4) is 0 Å². The first-order valence-electron chi connectivity index (χ1n) is 8.30. The molecule has 1 fully saturated rings. The number of aryl methyl sites for hydroxylation is 3. The molecule has 0 amide bonds. The molecule has 2 aromatic rings. The second kappa shape index (κ2) is 5.88. The summed E-state index contributed by atoms with van der Waals surface area (Å²) in [7, 11) is 0. The van der Waals surface area contributed by atoms with Gasteiger partial charge in [-0.05, 0) is 63.3 Å². The van der Waals surface area contributed by atoms with E-state index in [0.29, 0.717) is 0 Å². The average molecular weight is 298 g/mol. The van der Waals surface area contributed by atoms with Crippen molar-refractivity contribution in [3.8, 4) is 0 Å². The zero-order valence-electron chi connectivity index (χ0n) is 14.1. The molecule has 1 aromatic carbocycles. The van der Waals surface area contributed by atoms with Crippen LogP contribution in [0, 0.1) is 26.7 Å². The van der Waals surface area contributed by atoms with Crippen molar-refractivity contribution in [3.05, 3.63) is 44.7 Å². The smallest absolute Gasteiger partial charge is 0.194 e. The number of hydrogen-bond donors (Lipinski definition) is 1. The minimum Gasteiger partial charge on any atom is -0.358 e. The highest BCUT2D eigenvalue weighted by molar-refractivity contribution is 5.83. The summed E-state index contributed by atoms with van der Waals surface area (Å²) in [4.78, 5) is 18.9. The van der Waals surface area contributed by atoms with Gasteiger partial charge in [-0.3, -0.25) is 9.69 Å². The van der Waals surface area contributed by atoms with Gasteiger partial charge in [0.2, 0.25) is 0 Å². The first kappa shape index (κ1) is 15.3. The molecule has 0 aliphatic carbocycles. The van der Waals surface area contributed by atoms with Crippen molar-refractivity contribution in [1.82, 2.24) is 9.88 Å². The zero-order chi connectivity index (χ0) is 15.9. The number of pyridine rings is 1. The van der Waals surface area contributed by atoms with E-state index in [1.54, 1.807) is 0 Å². The molecule has 2 heterocycles. The van der Waals surface area contributed by atoms with Gasteiger partial charge in [-0.15, -0.1) is 0 Å². The lowest BCUT2D eigenvalue weighted by atomic mass is 9.98. The van der Waals surface area contributed by atoms with E-state index in [0.717, 1.165) is 53.3 Å². The Hall–Kier alpha value is -1.61. The van der Waals surface area contributed by atoms with E-state index in [-0.39, 0.29) is 5.43 Å². The summed E-state index contributed by atoms with van der Waals surface area (Å²) in [5.41, 5.74) is 5.40. The van der Waals surface area contributed by atoms with Gasteiger partial charge in [-0.25, -0.2) is 0 Å². The Labute approximate surface area is 132 Å². The molecule has 3 nitrogen and oxygen atoms in total. The van der Waals surface area contributed by atoms with E-state index in [2.05, 4.69) is 35.9 Å². The number of nitrogens with zero attached hydrogens (tertiary/aromatic N) is 1. The fraction of sp³-hybridized carbons (Fsp3) is 0.526. The SMILES string of the molecule is Cc1cc(C)c2c(=O)c(CN3CCC[C@H](C)C3)c(C)[nH]c2c1. The van der Waals surface area contributed by atoms with Gasteiger partial charge in [0, 0.05) is 29.7 Å². The topological polar surface area (TPSA) is 36.1 Å². The summed E-state index contributed by atoms with van der Waals surface area (Å²) < 4.78 is 0. The maximum absolute atomic E-state index is 13.0. The van der Waals surface area contributed by atoms with Gasteiger partial charge in [-0.2, -0.15) is 0 Å². The number of hydrogen-bond acceptors (Lipinski definition) is 2. The van der Waals surface area contributed by atoms with Gasteiger partial charge in [0.15, 0.2) is 5.43 Å². The molecule has 1 saturated heterocycles. The second-order valence-electron chi connectivity index (χ2n) is 7.04. The molecule has 0 spiro atoms. The van der Waals surface area contributed by atoms with Crippen LogP contribution in [0.25, 0.3) is 10.9 Å². The molecule has 1 aromatic heterocycles. The Morgan fingerprint density at radius 2 is 2.05 bits per heavy atom. The predicted octanol–water partition coefficient (Wildman–Crippen LogP) is 3.69. The van der Waals surface area contributed by atoms with Crippen LogP contribution in [0.5, 0.6) is 0 Å². The number of likely N-dealkylation sites (tertiary alicyclic amines) is 1. The maximum Gasteiger partial charge on any atom is 0.194 e. The molecule has 118 valence electrons. The minimum atomic E-state index is 0.210. The number of nitrogens with one attached hydrogen (secondary N) is 1. The largest absolute Gasteiger partial charge is 0.358 e. The van der Waals surface area contributed by atoms with Crippen LogP contribution in [0.2, 0.25) is 0 Å². The second-order valence-corrected chi connectivity index (χ2v) is 7.04. The highest BCUT2D eigenvalue weighted by Gasteiger charge is 2.19. The molecule has 1 atom stereocenters. The number of aromatic nitrogens is 1. The highest BCUT2D eigenvalue weighted by atomic mass is 16.1. The van der Waals surface area contributed by atoms with Gasteiger partial charge < -0.3 is 4.98 Å². The fourth-order valence-corrected chi connectivity index (χ4v) is 3.81. The molecule has 3 heteroatoms. The lowest BCUT2D eigenvalue weighted by Gasteiger charge is -2.31. The summed E-state index contributed by atoms with van der Waals surface area (Å²) in [6.07, 6.45) is 2.55. The number of benzene rings is 1. The standard InChI is InChI=1S/C19H26N2O/c1-12-6-5-7-21(10-12)11-16-15(4)20-17-9-13(2)8-14(3)18(17)19(16)22/h8-9,12H,5-7,10-11H2,1-4H3,(H,20,22)/t12-/m0/s1. The Balaban J connectivity index is 2.04. The number of rotatable bonds is 2. The molecule has 0 unspecified atom stereocenters. The molecule has 3 rings (SSSR count). The van der Waals surface area contributed by atoms with Gasteiger partial charge >= 0.3 is 0 Å². The summed E-state index contributed by atoms with van der Waals surface area (Å²) in [6.45, 7) is 11.4. The number of aromatic amines is 1. The van der Waals surface area contributed by atoms with Crippen LogP contribution in [0.1, 0.15) is 42.1 Å². The maximum atomic E-state index is 13.0. The lowest BCUT2D eigenvalue weighted by Crippen LogP contribution is -2.35. The van der Waals surface area contributed by atoms with E-state index in [1.807, 2.05) is 13.8 Å². The Morgan fingerprint density at radius 3 is 2.77 bits per heavy atom. The molecule has 1 N–H and O–H groups in total. The van der Waals surface area contributed by atoms with Crippen LogP contribution >= 0.6 is 0 Å². The molecule has 0 bridgehead atoms. The van der Waals surface area contributed by atoms with E-state index in [4.69, 9.17) is 0 Å². The van der Waals surface area contributed by atoms with Gasteiger partial charge in [0.25, 0.3) is 0 Å². The minimum absolute atomic E-state index is 0.210. The van der Waals surface area contributed by atoms with Gasteiger partial charge in [0.1, 0.15) is 0 Å². The molecule has 1 aliphatic rings. The number of H-pyrrole nitrogens is 1. The molecular weight excluding hydrogens is 272 g/mol. The summed E-state index contributed by atoms with van der Waals surface area (Å²) >= 11 is 0. The van der Waals surface area contributed by atoms with Crippen molar-refractivity contribution in [2.75, 3.05) is 13.1 Å². The van der Waals surface area contributed by atoms with Crippen molar-refractivity contribution in [3.63, 3.8) is 0 Å². The molecule has 22 heavy (non-hydrogen) atoms. The van der Waals surface area contributed by atoms with Crippen LogP contribution in [0.15, 0.2) is 16.9 Å². The Morgan fingerprint density at radius 1 is 1.27 bits per heavy atom. The first-order valence-corrected chi connectivity index (χ1v) is 8.30. The molecule has 0 saturated carbocycles. The lowest BCUT2D eigenvalue weighted by molar-refractivity contribution is 0.176. The van der Waals surface area contributed by atoms with Crippen LogP contribution in [-0.4, -0.2) is 23.0 Å². The third-order valence-electron chi connectivity index (χ3n) is 4.88. The molecule has 1 aliphatic heterocycles. The van der Waals surface area contributed by atoms with Gasteiger partial charge in [0.05, 0.1) is 5.52 Å². The molecular formula is C19H26N2O. The summed E-state index contributed by atoms with van der Waals surface area (Å²) in [5, 5.41) is 0.858. The van der Waals surface area contributed by atoms with Crippen LogP contribution in [-0.2, 0) is 6.54 Å². The summed E-state index contributed by atoms with van der Waals surface area (Å²) in [6, 6.07) is 4.17. The van der Waals surface area contributed by atoms with E-state index < -0.39 is 0 Å². The van der Waals surface area contributed by atoms with Gasteiger partial charge in [-0.1, -0.05) is 13.0 Å². The Bertz CT molecular complexity index is 760. The monoisotopic (exact) mass is 298 g/mol. The van der Waals surface area contributed by atoms with E-state index in [1.165, 1.54) is 18.4 Å². The van der Waals surface area contributed by atoms with Crippen molar-refractivity contribution in [1.29, 1.82) is 0 Å². The number of fused-ring (bicyclic) bond motifs is 1. The first-order chi connectivity index (χ1) is 10.5. The fourth-order valence-electron chi connectivity index (χ4n) is 3.81. The van der Waals surface area contributed by atoms with E-state index in [9.17, 15) is 4.79 Å². The zero-order valence-corrected chi connectivity index (χ0v) is 14.1. The highest BCUT2D eigenvalue weighted by Crippen LogP contribution is 2.21. The van der Waals surface area contributed by atoms with Crippen molar-refractivity contribution in [2.45, 2.75) is 47.1 Å². The average Bonchev–Trinajstić information content (AvgIpc) is 2.42. The van der Waals surface area contributed by atoms with Crippen LogP contribution < -0.4 is 5.43 Å². The normalized spacial score (nSPS) is 19.7. The third kappa shape index (κ3) is 2.82. The summed E-state index contributed by atoms with van der Waals surface area (Å²) in [5.74, 6) is 0.734. The van der Waals surface area contributed by atoms with Crippen LogP contribution in [0.4, 0.5) is 0 Å². The van der Waals surface area contributed by atoms with Crippen molar-refractivity contribution < 1.29 is 0 Å². The molecule has 0 radical (unpaired) electrons. The third-order valence-corrected chi connectivity index (χ3v) is 4.88.